The van der Waals surface area contributed by atoms with Gasteiger partial charge in [-0.1, -0.05) is 41.9 Å². The van der Waals surface area contributed by atoms with E-state index >= 15 is 0 Å². The summed E-state index contributed by atoms with van der Waals surface area (Å²) in [7, 11) is -3.60. The Morgan fingerprint density at radius 1 is 1.09 bits per heavy atom. The van der Waals surface area contributed by atoms with Crippen LogP contribution in [-0.4, -0.2) is 14.5 Å². The first-order chi connectivity index (χ1) is 10.9. The van der Waals surface area contributed by atoms with Gasteiger partial charge in [0.1, 0.15) is 0 Å². The molecule has 0 bridgehead atoms. The maximum Gasteiger partial charge on any atom is 0.240 e. The Morgan fingerprint density at radius 2 is 1.78 bits per heavy atom. The summed E-state index contributed by atoms with van der Waals surface area (Å²) in [5.74, 6) is 0. The van der Waals surface area contributed by atoms with E-state index in [1.807, 2.05) is 38.1 Å². The SMILES string of the molecule is CC(C)OCc1ccccc1CNS(=O)(=O)c1cccc(Cl)c1. The van der Waals surface area contributed by atoms with Gasteiger partial charge in [-0.25, -0.2) is 13.1 Å². The Bertz CT molecular complexity index is 760. The van der Waals surface area contributed by atoms with Gasteiger partial charge >= 0.3 is 0 Å². The molecule has 0 fully saturated rings. The third-order valence-corrected chi connectivity index (χ3v) is 4.88. The van der Waals surface area contributed by atoms with Gasteiger partial charge in [0.05, 0.1) is 17.6 Å². The van der Waals surface area contributed by atoms with Gasteiger partial charge in [0.15, 0.2) is 0 Å². The van der Waals surface area contributed by atoms with Crippen molar-refractivity contribution in [1.29, 1.82) is 0 Å². The summed E-state index contributed by atoms with van der Waals surface area (Å²) in [6.45, 7) is 4.58. The average Bonchev–Trinajstić information content (AvgIpc) is 2.51. The van der Waals surface area contributed by atoms with Crippen molar-refractivity contribution < 1.29 is 13.2 Å². The highest BCUT2D eigenvalue weighted by molar-refractivity contribution is 7.89. The molecule has 0 radical (unpaired) electrons. The van der Waals surface area contributed by atoms with Gasteiger partial charge in [-0.05, 0) is 43.2 Å². The lowest BCUT2D eigenvalue weighted by Gasteiger charge is -2.13. The van der Waals surface area contributed by atoms with E-state index in [4.69, 9.17) is 16.3 Å². The fraction of sp³-hybridized carbons (Fsp3) is 0.294. The number of hydrogen-bond donors (Lipinski definition) is 1. The second-order valence-electron chi connectivity index (χ2n) is 5.41. The molecule has 0 saturated carbocycles. The van der Waals surface area contributed by atoms with Crippen LogP contribution in [0.15, 0.2) is 53.4 Å². The summed E-state index contributed by atoms with van der Waals surface area (Å²) in [6, 6.07) is 13.8. The summed E-state index contributed by atoms with van der Waals surface area (Å²) in [5.41, 5.74) is 1.86. The van der Waals surface area contributed by atoms with E-state index in [2.05, 4.69) is 4.72 Å². The molecule has 124 valence electrons. The topological polar surface area (TPSA) is 55.4 Å². The monoisotopic (exact) mass is 353 g/mol. The first kappa shape index (κ1) is 17.9. The highest BCUT2D eigenvalue weighted by atomic mass is 35.5. The smallest absolute Gasteiger partial charge is 0.240 e. The molecule has 2 rings (SSSR count). The molecular formula is C17H20ClNO3S. The van der Waals surface area contributed by atoms with Gasteiger partial charge in [0.25, 0.3) is 0 Å². The van der Waals surface area contributed by atoms with Crippen molar-refractivity contribution in [3.8, 4) is 0 Å². The van der Waals surface area contributed by atoms with E-state index in [9.17, 15) is 8.42 Å². The van der Waals surface area contributed by atoms with Crippen LogP contribution in [0.3, 0.4) is 0 Å². The minimum absolute atomic E-state index is 0.117. The molecule has 0 spiro atoms. The molecule has 1 N–H and O–H groups in total. The Kier molecular flexibility index (Phi) is 6.18. The number of nitrogens with one attached hydrogen (secondary N) is 1. The fourth-order valence-corrected chi connectivity index (χ4v) is 3.32. The van der Waals surface area contributed by atoms with Crippen LogP contribution in [0.2, 0.25) is 5.02 Å². The second-order valence-corrected chi connectivity index (χ2v) is 7.61. The lowest BCUT2D eigenvalue weighted by Crippen LogP contribution is -2.24. The number of ether oxygens (including phenoxy) is 1. The van der Waals surface area contributed by atoms with Crippen LogP contribution < -0.4 is 4.72 Å². The first-order valence-electron chi connectivity index (χ1n) is 7.32. The zero-order valence-electron chi connectivity index (χ0n) is 13.1. The Morgan fingerprint density at radius 3 is 2.43 bits per heavy atom. The van der Waals surface area contributed by atoms with E-state index in [0.717, 1.165) is 11.1 Å². The molecule has 0 amide bonds. The maximum atomic E-state index is 12.3. The quantitative estimate of drug-likeness (QED) is 0.824. The molecule has 0 saturated heterocycles. The summed E-state index contributed by atoms with van der Waals surface area (Å²) in [5, 5.41) is 0.388. The van der Waals surface area contributed by atoms with E-state index < -0.39 is 10.0 Å². The van der Waals surface area contributed by atoms with Gasteiger partial charge in [-0.15, -0.1) is 0 Å². The lowest BCUT2D eigenvalue weighted by atomic mass is 10.1. The molecule has 0 unspecified atom stereocenters. The van der Waals surface area contributed by atoms with Gasteiger partial charge in [-0.2, -0.15) is 0 Å². The standard InChI is InChI=1S/C17H20ClNO3S/c1-13(2)22-12-15-7-4-3-6-14(15)11-19-23(20,21)17-9-5-8-16(18)10-17/h3-10,13,19H,11-12H2,1-2H3. The molecule has 0 aliphatic heterocycles. The number of sulfonamides is 1. The van der Waals surface area contributed by atoms with Crippen molar-refractivity contribution in [3.63, 3.8) is 0 Å². The van der Waals surface area contributed by atoms with Crippen molar-refractivity contribution in [2.45, 2.75) is 38.0 Å². The van der Waals surface area contributed by atoms with E-state index in [1.165, 1.54) is 12.1 Å². The van der Waals surface area contributed by atoms with Crippen molar-refractivity contribution in [2.75, 3.05) is 0 Å². The molecule has 4 nitrogen and oxygen atoms in total. The van der Waals surface area contributed by atoms with Crippen LogP contribution >= 0.6 is 11.6 Å². The number of halogens is 1. The predicted molar refractivity (Wildman–Crippen MR) is 91.8 cm³/mol. The summed E-state index contributed by atoms with van der Waals surface area (Å²) < 4.78 is 32.9. The highest BCUT2D eigenvalue weighted by Gasteiger charge is 2.15. The van der Waals surface area contributed by atoms with Gasteiger partial charge in [-0.3, -0.25) is 0 Å². The van der Waals surface area contributed by atoms with Crippen molar-refractivity contribution in [2.24, 2.45) is 0 Å². The highest BCUT2D eigenvalue weighted by Crippen LogP contribution is 2.17. The van der Waals surface area contributed by atoms with Crippen LogP contribution in [0.5, 0.6) is 0 Å². The Labute approximate surface area is 142 Å². The number of benzene rings is 2. The first-order valence-corrected chi connectivity index (χ1v) is 9.18. The summed E-state index contributed by atoms with van der Waals surface area (Å²) >= 11 is 5.86. The normalized spacial score (nSPS) is 11.8. The third-order valence-electron chi connectivity index (χ3n) is 3.25. The van der Waals surface area contributed by atoms with Crippen LogP contribution in [-0.2, 0) is 27.9 Å². The average molecular weight is 354 g/mol. The molecule has 0 aliphatic rings. The predicted octanol–water partition coefficient (Wildman–Crippen LogP) is 3.74. The molecule has 6 heteroatoms. The molecule has 23 heavy (non-hydrogen) atoms. The van der Waals surface area contributed by atoms with Crippen LogP contribution in [0, 0.1) is 0 Å². The second kappa shape index (κ2) is 7.93. The number of rotatable bonds is 7. The minimum atomic E-state index is -3.60. The molecular weight excluding hydrogens is 334 g/mol. The Balaban J connectivity index is 2.11. The zero-order valence-corrected chi connectivity index (χ0v) is 14.7. The van der Waals surface area contributed by atoms with Gasteiger partial charge in [0, 0.05) is 11.6 Å². The summed E-state index contributed by atoms with van der Waals surface area (Å²) in [4.78, 5) is 0.154. The van der Waals surface area contributed by atoms with Crippen molar-refractivity contribution in [3.05, 3.63) is 64.7 Å². The molecule has 0 aromatic heterocycles. The van der Waals surface area contributed by atoms with Crippen LogP contribution in [0.25, 0.3) is 0 Å². The third kappa shape index (κ3) is 5.32. The summed E-state index contributed by atoms with van der Waals surface area (Å²) in [6.07, 6.45) is 0.117. The Hall–Kier alpha value is -1.40. The molecule has 2 aromatic carbocycles. The molecule has 2 aromatic rings. The fourth-order valence-electron chi connectivity index (χ4n) is 2.02. The van der Waals surface area contributed by atoms with Gasteiger partial charge in [0.2, 0.25) is 10.0 Å². The number of hydrogen-bond acceptors (Lipinski definition) is 3. The lowest BCUT2D eigenvalue weighted by molar-refractivity contribution is 0.0652. The van der Waals surface area contributed by atoms with E-state index in [-0.39, 0.29) is 17.5 Å². The zero-order chi connectivity index (χ0) is 16.9. The molecule has 0 heterocycles. The van der Waals surface area contributed by atoms with Crippen LogP contribution in [0.1, 0.15) is 25.0 Å². The molecule has 0 atom stereocenters. The van der Waals surface area contributed by atoms with E-state index in [1.54, 1.807) is 12.1 Å². The van der Waals surface area contributed by atoms with Crippen molar-refractivity contribution >= 4 is 21.6 Å². The minimum Gasteiger partial charge on any atom is -0.374 e. The van der Waals surface area contributed by atoms with Crippen molar-refractivity contribution in [1.82, 2.24) is 4.72 Å². The van der Waals surface area contributed by atoms with Gasteiger partial charge < -0.3 is 4.74 Å². The van der Waals surface area contributed by atoms with Crippen LogP contribution in [0.4, 0.5) is 0 Å². The molecule has 0 aliphatic carbocycles. The largest absolute Gasteiger partial charge is 0.374 e. The van der Waals surface area contributed by atoms with E-state index in [0.29, 0.717) is 11.6 Å². The maximum absolute atomic E-state index is 12.3.